The standard InChI is InChI=1S/C20H8Cl3F2N3/c21-11-2-4-18-14(6-11)20(13-3-1-12(22)7-17(13)25)27-28(18)19-8-16(24)10(9-26)5-15(19)23/h1-8H. The van der Waals surface area contributed by atoms with E-state index in [0.29, 0.717) is 21.6 Å². The van der Waals surface area contributed by atoms with Crippen LogP contribution in [0.3, 0.4) is 0 Å². The molecule has 0 N–H and O–H groups in total. The minimum Gasteiger partial charge on any atom is -0.231 e. The van der Waals surface area contributed by atoms with E-state index < -0.39 is 11.6 Å². The second-order valence-electron chi connectivity index (χ2n) is 5.94. The van der Waals surface area contributed by atoms with Gasteiger partial charge in [-0.15, -0.1) is 0 Å². The number of hydrogen-bond acceptors (Lipinski definition) is 2. The Bertz CT molecular complexity index is 1290. The van der Waals surface area contributed by atoms with Crippen molar-refractivity contribution in [1.82, 2.24) is 9.78 Å². The first-order valence-electron chi connectivity index (χ1n) is 7.92. The fourth-order valence-electron chi connectivity index (χ4n) is 2.94. The summed E-state index contributed by atoms with van der Waals surface area (Å²) in [5.74, 6) is -1.30. The molecule has 1 heterocycles. The Morgan fingerprint density at radius 2 is 1.61 bits per heavy atom. The van der Waals surface area contributed by atoms with Gasteiger partial charge in [0.1, 0.15) is 23.4 Å². The lowest BCUT2D eigenvalue weighted by molar-refractivity contribution is 0.621. The van der Waals surface area contributed by atoms with Crippen LogP contribution in [0.5, 0.6) is 0 Å². The third kappa shape index (κ3) is 3.10. The van der Waals surface area contributed by atoms with Crippen LogP contribution in [0.25, 0.3) is 27.8 Å². The lowest BCUT2D eigenvalue weighted by Gasteiger charge is -2.07. The molecule has 4 aromatic rings. The molecule has 0 aliphatic heterocycles. The molecule has 0 fully saturated rings. The molecule has 0 atom stereocenters. The molecule has 0 aliphatic rings. The first-order valence-corrected chi connectivity index (χ1v) is 9.05. The SMILES string of the molecule is N#Cc1cc(Cl)c(-n2nc(-c3ccc(Cl)cc3F)c3cc(Cl)ccc32)cc1F. The Balaban J connectivity index is 2.05. The average molecular weight is 435 g/mol. The van der Waals surface area contributed by atoms with E-state index in [1.165, 1.54) is 22.9 Å². The summed E-state index contributed by atoms with van der Waals surface area (Å²) in [7, 11) is 0. The van der Waals surface area contributed by atoms with Gasteiger partial charge in [-0.1, -0.05) is 34.8 Å². The normalized spacial score (nSPS) is 11.0. The van der Waals surface area contributed by atoms with Crippen LogP contribution in [0.1, 0.15) is 5.56 Å². The van der Waals surface area contributed by atoms with E-state index >= 15 is 0 Å². The van der Waals surface area contributed by atoms with Crippen molar-refractivity contribution in [3.8, 4) is 23.0 Å². The molecule has 3 aromatic carbocycles. The molecule has 0 bridgehead atoms. The topological polar surface area (TPSA) is 41.6 Å². The Morgan fingerprint density at radius 3 is 2.32 bits per heavy atom. The van der Waals surface area contributed by atoms with Crippen LogP contribution in [-0.4, -0.2) is 9.78 Å². The summed E-state index contributed by atoms with van der Waals surface area (Å²) in [6.07, 6.45) is 0. The van der Waals surface area contributed by atoms with Crippen molar-refractivity contribution in [2.75, 3.05) is 0 Å². The summed E-state index contributed by atoms with van der Waals surface area (Å²) in [4.78, 5) is 0. The van der Waals surface area contributed by atoms with Crippen molar-refractivity contribution >= 4 is 45.7 Å². The van der Waals surface area contributed by atoms with Gasteiger partial charge in [0, 0.05) is 27.1 Å². The molecular formula is C20H8Cl3F2N3. The maximum atomic E-state index is 14.5. The second kappa shape index (κ2) is 7.06. The van der Waals surface area contributed by atoms with Crippen LogP contribution in [0.15, 0.2) is 48.5 Å². The van der Waals surface area contributed by atoms with Crippen LogP contribution >= 0.6 is 34.8 Å². The molecule has 0 unspecified atom stereocenters. The van der Waals surface area contributed by atoms with Crippen molar-refractivity contribution in [3.63, 3.8) is 0 Å². The highest BCUT2D eigenvalue weighted by molar-refractivity contribution is 6.33. The molecule has 0 saturated carbocycles. The molecule has 0 amide bonds. The minimum absolute atomic E-state index is 0.125. The third-order valence-corrected chi connectivity index (χ3v) is 4.99. The Morgan fingerprint density at radius 1 is 0.893 bits per heavy atom. The summed E-state index contributed by atoms with van der Waals surface area (Å²) >= 11 is 18.2. The quantitative estimate of drug-likeness (QED) is 0.348. The van der Waals surface area contributed by atoms with Crippen LogP contribution in [-0.2, 0) is 0 Å². The number of nitriles is 1. The van der Waals surface area contributed by atoms with E-state index in [4.69, 9.17) is 40.1 Å². The zero-order valence-corrected chi connectivity index (χ0v) is 16.1. The van der Waals surface area contributed by atoms with Crippen molar-refractivity contribution in [2.24, 2.45) is 0 Å². The molecule has 28 heavy (non-hydrogen) atoms. The van der Waals surface area contributed by atoms with Crippen molar-refractivity contribution in [2.45, 2.75) is 0 Å². The largest absolute Gasteiger partial charge is 0.231 e. The molecule has 3 nitrogen and oxygen atoms in total. The molecule has 0 saturated heterocycles. The number of hydrogen-bond donors (Lipinski definition) is 0. The number of fused-ring (bicyclic) bond motifs is 1. The van der Waals surface area contributed by atoms with Crippen LogP contribution in [0.4, 0.5) is 8.78 Å². The van der Waals surface area contributed by atoms with Gasteiger partial charge in [-0.25, -0.2) is 13.5 Å². The fraction of sp³-hybridized carbons (Fsp3) is 0. The molecule has 8 heteroatoms. The van der Waals surface area contributed by atoms with Gasteiger partial charge in [0.2, 0.25) is 0 Å². The highest BCUT2D eigenvalue weighted by atomic mass is 35.5. The molecule has 0 aliphatic carbocycles. The zero-order valence-electron chi connectivity index (χ0n) is 13.9. The second-order valence-corrected chi connectivity index (χ2v) is 7.22. The molecule has 138 valence electrons. The van der Waals surface area contributed by atoms with Crippen molar-refractivity contribution < 1.29 is 8.78 Å². The molecule has 1 aromatic heterocycles. The van der Waals surface area contributed by atoms with Gasteiger partial charge in [0.25, 0.3) is 0 Å². The van der Waals surface area contributed by atoms with Gasteiger partial charge in [0.05, 0.1) is 21.8 Å². The maximum Gasteiger partial charge on any atom is 0.143 e. The monoisotopic (exact) mass is 433 g/mol. The maximum absolute atomic E-state index is 14.5. The first-order chi connectivity index (χ1) is 13.4. The summed E-state index contributed by atoms with van der Waals surface area (Å²) in [6.45, 7) is 0. The number of nitrogens with zero attached hydrogens (tertiary/aromatic N) is 3. The zero-order chi connectivity index (χ0) is 20.0. The van der Waals surface area contributed by atoms with E-state index in [-0.39, 0.29) is 26.9 Å². The summed E-state index contributed by atoms with van der Waals surface area (Å²) in [6, 6.07) is 13.3. The van der Waals surface area contributed by atoms with Gasteiger partial charge < -0.3 is 0 Å². The predicted molar refractivity (Wildman–Crippen MR) is 106 cm³/mol. The fourth-order valence-corrected chi connectivity index (χ4v) is 3.51. The van der Waals surface area contributed by atoms with E-state index in [1.807, 2.05) is 0 Å². The molecule has 0 radical (unpaired) electrons. The highest BCUT2D eigenvalue weighted by Crippen LogP contribution is 2.35. The van der Waals surface area contributed by atoms with Crippen LogP contribution in [0.2, 0.25) is 15.1 Å². The van der Waals surface area contributed by atoms with Gasteiger partial charge in [-0.2, -0.15) is 10.4 Å². The Labute approximate surface area is 173 Å². The van der Waals surface area contributed by atoms with Crippen LogP contribution < -0.4 is 0 Å². The lowest BCUT2D eigenvalue weighted by atomic mass is 10.1. The molecular weight excluding hydrogens is 427 g/mol. The van der Waals surface area contributed by atoms with E-state index in [2.05, 4.69) is 5.10 Å². The Kier molecular flexibility index (Phi) is 4.72. The number of aromatic nitrogens is 2. The molecule has 4 rings (SSSR count). The smallest absolute Gasteiger partial charge is 0.143 e. The summed E-state index contributed by atoms with van der Waals surface area (Å²) < 4.78 is 30.1. The van der Waals surface area contributed by atoms with Crippen molar-refractivity contribution in [3.05, 3.63) is 80.8 Å². The summed E-state index contributed by atoms with van der Waals surface area (Å²) in [5.41, 5.74) is 1.08. The van der Waals surface area contributed by atoms with E-state index in [0.717, 1.165) is 6.07 Å². The van der Waals surface area contributed by atoms with E-state index in [1.54, 1.807) is 30.3 Å². The average Bonchev–Trinajstić information content (AvgIpc) is 3.01. The van der Waals surface area contributed by atoms with Gasteiger partial charge in [0.15, 0.2) is 0 Å². The molecule has 0 spiro atoms. The highest BCUT2D eigenvalue weighted by Gasteiger charge is 2.19. The minimum atomic E-state index is -0.737. The lowest BCUT2D eigenvalue weighted by Crippen LogP contribution is -2.00. The van der Waals surface area contributed by atoms with Crippen molar-refractivity contribution in [1.29, 1.82) is 5.26 Å². The van der Waals surface area contributed by atoms with E-state index in [9.17, 15) is 8.78 Å². The number of rotatable bonds is 2. The number of benzene rings is 3. The first kappa shape index (κ1) is 18.7. The van der Waals surface area contributed by atoms with Gasteiger partial charge in [-0.3, -0.25) is 0 Å². The van der Waals surface area contributed by atoms with Crippen LogP contribution in [0, 0.1) is 23.0 Å². The van der Waals surface area contributed by atoms with Gasteiger partial charge in [-0.05, 0) is 42.5 Å². The Hall–Kier alpha value is -2.65. The summed E-state index contributed by atoms with van der Waals surface area (Å²) in [5, 5.41) is 14.8. The number of halogens is 5. The predicted octanol–water partition coefficient (Wildman–Crippen LogP) is 6.80. The third-order valence-electron chi connectivity index (χ3n) is 4.21. The van der Waals surface area contributed by atoms with Gasteiger partial charge >= 0.3 is 0 Å².